The molecular weight excluding hydrogens is 256 g/mol. The summed E-state index contributed by atoms with van der Waals surface area (Å²) >= 11 is 1.22. The van der Waals surface area contributed by atoms with E-state index < -0.39 is 10.8 Å². The highest BCUT2D eigenvalue weighted by Crippen LogP contribution is 2.21. The first-order valence-electron chi connectivity index (χ1n) is 4.82. The number of aromatic nitrogens is 1. The minimum Gasteiger partial charge on any atom is -0.298 e. The minimum atomic E-state index is -1.06. The van der Waals surface area contributed by atoms with Gasteiger partial charge in [0, 0.05) is 11.8 Å². The molecule has 1 atom stereocenters. The average molecular weight is 266 g/mol. The average Bonchev–Trinajstić information content (AvgIpc) is 2.79. The lowest BCUT2D eigenvalue weighted by atomic mass is 10.2. The third-order valence-corrected chi connectivity index (χ3v) is 4.36. The van der Waals surface area contributed by atoms with E-state index in [1.54, 1.807) is 30.5 Å². The Balaban J connectivity index is 2.11. The number of thiazole rings is 1. The fourth-order valence-electron chi connectivity index (χ4n) is 1.21. The number of hydrogen-bond donors (Lipinski definition) is 1. The van der Waals surface area contributed by atoms with Crippen LogP contribution in [0.1, 0.15) is 10.4 Å². The molecule has 1 heterocycles. The summed E-state index contributed by atoms with van der Waals surface area (Å²) in [7, 11) is -1.06. The molecule has 1 aromatic carbocycles. The number of nitrogens with one attached hydrogen (secondary N) is 1. The molecule has 0 aliphatic rings. The van der Waals surface area contributed by atoms with Gasteiger partial charge in [-0.3, -0.25) is 14.3 Å². The zero-order chi connectivity index (χ0) is 12.3. The van der Waals surface area contributed by atoms with E-state index in [-0.39, 0.29) is 5.91 Å². The van der Waals surface area contributed by atoms with E-state index >= 15 is 0 Å². The third-order valence-electron chi connectivity index (χ3n) is 2.02. The summed E-state index contributed by atoms with van der Waals surface area (Å²) in [5.74, 6) is -0.214. The molecule has 1 aromatic heterocycles. The maximum absolute atomic E-state index is 11.8. The Bertz CT molecular complexity index is 552. The zero-order valence-corrected chi connectivity index (χ0v) is 10.7. The molecule has 0 aliphatic heterocycles. The van der Waals surface area contributed by atoms with Gasteiger partial charge in [-0.15, -0.1) is 0 Å². The second kappa shape index (κ2) is 5.20. The van der Waals surface area contributed by atoms with Gasteiger partial charge in [0.1, 0.15) is 4.21 Å². The minimum absolute atomic E-state index is 0.214. The molecule has 17 heavy (non-hydrogen) atoms. The summed E-state index contributed by atoms with van der Waals surface area (Å²) in [6, 6.07) is 8.88. The van der Waals surface area contributed by atoms with Gasteiger partial charge in [-0.1, -0.05) is 29.5 Å². The summed E-state index contributed by atoms with van der Waals surface area (Å²) < 4.78 is 11.8. The van der Waals surface area contributed by atoms with Gasteiger partial charge in [-0.25, -0.2) is 4.98 Å². The standard InChI is InChI=1S/C11H10N2O2S2/c1-17(15)9-7-12-11(16-9)13-10(14)8-5-3-2-4-6-8/h2-7H,1H3,(H,12,13,14). The fourth-order valence-corrected chi connectivity index (χ4v) is 2.66. The van der Waals surface area contributed by atoms with Gasteiger partial charge in [-0.2, -0.15) is 0 Å². The number of rotatable bonds is 3. The maximum atomic E-state index is 11.8. The third kappa shape index (κ3) is 2.98. The molecule has 2 rings (SSSR count). The Kier molecular flexibility index (Phi) is 3.65. The van der Waals surface area contributed by atoms with Crippen LogP contribution in [0.15, 0.2) is 40.7 Å². The highest BCUT2D eigenvalue weighted by Gasteiger charge is 2.09. The molecule has 0 saturated carbocycles. The van der Waals surface area contributed by atoms with Crippen LogP contribution in [0.3, 0.4) is 0 Å². The molecule has 0 bridgehead atoms. The molecule has 2 aromatic rings. The molecule has 88 valence electrons. The SMILES string of the molecule is CS(=O)c1cnc(NC(=O)c2ccccc2)s1. The summed E-state index contributed by atoms with van der Waals surface area (Å²) in [4.78, 5) is 15.8. The predicted octanol–water partition coefficient (Wildman–Crippen LogP) is 2.13. The number of carbonyl (C=O) groups excluding carboxylic acids is 1. The Morgan fingerprint density at radius 1 is 1.35 bits per heavy atom. The summed E-state index contributed by atoms with van der Waals surface area (Å²) in [6.45, 7) is 0. The van der Waals surface area contributed by atoms with Crippen molar-refractivity contribution in [2.45, 2.75) is 4.21 Å². The Morgan fingerprint density at radius 2 is 2.06 bits per heavy atom. The Hall–Kier alpha value is -1.53. The number of carbonyl (C=O) groups is 1. The first-order chi connectivity index (χ1) is 8.16. The molecule has 0 fully saturated rings. The van der Waals surface area contributed by atoms with Crippen molar-refractivity contribution in [2.24, 2.45) is 0 Å². The van der Waals surface area contributed by atoms with Crippen molar-refractivity contribution in [3.8, 4) is 0 Å². The van der Waals surface area contributed by atoms with Crippen LogP contribution in [-0.2, 0) is 10.8 Å². The van der Waals surface area contributed by atoms with Crippen molar-refractivity contribution < 1.29 is 9.00 Å². The molecule has 1 amide bonds. The molecule has 4 nitrogen and oxygen atoms in total. The quantitative estimate of drug-likeness (QED) is 0.926. The lowest BCUT2D eigenvalue weighted by Crippen LogP contribution is -2.11. The molecule has 1 unspecified atom stereocenters. The van der Waals surface area contributed by atoms with Crippen LogP contribution in [0, 0.1) is 0 Å². The smallest absolute Gasteiger partial charge is 0.257 e. The summed E-state index contributed by atoms with van der Waals surface area (Å²) in [5, 5.41) is 3.13. The van der Waals surface area contributed by atoms with Crippen molar-refractivity contribution >= 4 is 33.2 Å². The molecule has 6 heteroatoms. The lowest BCUT2D eigenvalue weighted by molar-refractivity contribution is 0.102. The number of benzene rings is 1. The van der Waals surface area contributed by atoms with E-state index in [4.69, 9.17) is 0 Å². The van der Waals surface area contributed by atoms with Gasteiger partial charge in [0.05, 0.1) is 17.0 Å². The fraction of sp³-hybridized carbons (Fsp3) is 0.0909. The molecule has 0 aliphatic carbocycles. The first-order valence-corrected chi connectivity index (χ1v) is 7.20. The van der Waals surface area contributed by atoms with Gasteiger partial charge in [0.2, 0.25) is 0 Å². The van der Waals surface area contributed by atoms with E-state index in [1.165, 1.54) is 17.5 Å². The summed E-state index contributed by atoms with van der Waals surface area (Å²) in [5.41, 5.74) is 0.571. The van der Waals surface area contributed by atoms with E-state index in [1.807, 2.05) is 6.07 Å². The molecule has 0 saturated heterocycles. The van der Waals surface area contributed by atoms with Crippen LogP contribution < -0.4 is 5.32 Å². The monoisotopic (exact) mass is 266 g/mol. The Labute approximate surface area is 105 Å². The second-order valence-electron chi connectivity index (χ2n) is 3.26. The number of nitrogens with zero attached hydrogens (tertiary/aromatic N) is 1. The zero-order valence-electron chi connectivity index (χ0n) is 9.04. The van der Waals surface area contributed by atoms with Crippen LogP contribution in [0.4, 0.5) is 5.13 Å². The van der Waals surface area contributed by atoms with Crippen LogP contribution in [0.5, 0.6) is 0 Å². The van der Waals surface area contributed by atoms with Gasteiger partial charge >= 0.3 is 0 Å². The lowest BCUT2D eigenvalue weighted by Gasteiger charge is -2.00. The van der Waals surface area contributed by atoms with Crippen LogP contribution in [0.2, 0.25) is 0 Å². The first kappa shape index (κ1) is 11.9. The van der Waals surface area contributed by atoms with Crippen molar-refractivity contribution in [2.75, 3.05) is 11.6 Å². The Morgan fingerprint density at radius 3 is 2.65 bits per heavy atom. The number of anilines is 1. The van der Waals surface area contributed by atoms with E-state index in [0.29, 0.717) is 14.9 Å². The van der Waals surface area contributed by atoms with Crippen molar-refractivity contribution in [3.05, 3.63) is 42.1 Å². The topological polar surface area (TPSA) is 59.1 Å². The van der Waals surface area contributed by atoms with E-state index in [0.717, 1.165) is 0 Å². The van der Waals surface area contributed by atoms with Crippen molar-refractivity contribution in [1.29, 1.82) is 0 Å². The predicted molar refractivity (Wildman–Crippen MR) is 68.8 cm³/mol. The number of hydrogen-bond acceptors (Lipinski definition) is 4. The van der Waals surface area contributed by atoms with Gasteiger partial charge < -0.3 is 0 Å². The van der Waals surface area contributed by atoms with Crippen molar-refractivity contribution in [3.63, 3.8) is 0 Å². The highest BCUT2D eigenvalue weighted by molar-refractivity contribution is 7.86. The second-order valence-corrected chi connectivity index (χ2v) is 5.90. The number of amides is 1. The van der Waals surface area contributed by atoms with E-state index in [9.17, 15) is 9.00 Å². The van der Waals surface area contributed by atoms with Gasteiger partial charge in [0.25, 0.3) is 5.91 Å². The highest BCUT2D eigenvalue weighted by atomic mass is 32.2. The maximum Gasteiger partial charge on any atom is 0.257 e. The molecule has 1 N–H and O–H groups in total. The van der Waals surface area contributed by atoms with Crippen LogP contribution >= 0.6 is 11.3 Å². The molecular formula is C11H10N2O2S2. The van der Waals surface area contributed by atoms with Crippen molar-refractivity contribution in [1.82, 2.24) is 4.98 Å². The molecule has 0 spiro atoms. The van der Waals surface area contributed by atoms with Gasteiger partial charge in [-0.05, 0) is 12.1 Å². The molecule has 0 radical (unpaired) electrons. The van der Waals surface area contributed by atoms with Crippen LogP contribution in [-0.4, -0.2) is 21.4 Å². The van der Waals surface area contributed by atoms with E-state index in [2.05, 4.69) is 10.3 Å². The van der Waals surface area contributed by atoms with Gasteiger partial charge in [0.15, 0.2) is 5.13 Å². The largest absolute Gasteiger partial charge is 0.298 e. The van der Waals surface area contributed by atoms with Crippen LogP contribution in [0.25, 0.3) is 0 Å². The normalized spacial score (nSPS) is 12.1. The summed E-state index contributed by atoms with van der Waals surface area (Å²) in [6.07, 6.45) is 3.09.